The summed E-state index contributed by atoms with van der Waals surface area (Å²) in [7, 11) is 0. The van der Waals surface area contributed by atoms with Crippen molar-refractivity contribution in [1.29, 1.82) is 0 Å². The van der Waals surface area contributed by atoms with Gasteiger partial charge in [-0.3, -0.25) is 0 Å². The summed E-state index contributed by atoms with van der Waals surface area (Å²) in [6.45, 7) is 6.51. The molecule has 1 rings (SSSR count). The quantitative estimate of drug-likeness (QED) is 0.588. The minimum atomic E-state index is -0.139. The van der Waals surface area contributed by atoms with Crippen LogP contribution in [0.3, 0.4) is 0 Å². The number of halogens is 1. The molecule has 13 heavy (non-hydrogen) atoms. The Bertz CT molecular complexity index is 234. The van der Waals surface area contributed by atoms with Crippen molar-refractivity contribution in [2.75, 3.05) is 0 Å². The Morgan fingerprint density at radius 3 is 2.77 bits per heavy atom. The monoisotopic (exact) mass is 198 g/mol. The highest BCUT2D eigenvalue weighted by Crippen LogP contribution is 2.33. The van der Waals surface area contributed by atoms with Crippen molar-refractivity contribution < 1.29 is 0 Å². The summed E-state index contributed by atoms with van der Waals surface area (Å²) in [6, 6.07) is 0. The molecule has 0 N–H and O–H groups in total. The molecule has 0 saturated heterocycles. The van der Waals surface area contributed by atoms with Gasteiger partial charge in [-0.05, 0) is 38.7 Å². The van der Waals surface area contributed by atoms with Crippen LogP contribution in [0.1, 0.15) is 46.5 Å². The van der Waals surface area contributed by atoms with E-state index in [4.69, 9.17) is 11.6 Å². The van der Waals surface area contributed by atoms with E-state index >= 15 is 0 Å². The molecule has 0 spiro atoms. The van der Waals surface area contributed by atoms with Crippen LogP contribution in [0.25, 0.3) is 0 Å². The lowest BCUT2D eigenvalue weighted by Gasteiger charge is -2.24. The second-order valence-electron chi connectivity index (χ2n) is 4.20. The van der Waals surface area contributed by atoms with E-state index in [1.54, 1.807) is 0 Å². The van der Waals surface area contributed by atoms with Crippen LogP contribution in [0.2, 0.25) is 0 Å². The maximum Gasteiger partial charge on any atom is 0.0638 e. The molecular formula is C12H19Cl. The van der Waals surface area contributed by atoms with Crippen LogP contribution < -0.4 is 0 Å². The summed E-state index contributed by atoms with van der Waals surface area (Å²) in [6.07, 6.45) is 9.11. The highest BCUT2D eigenvalue weighted by molar-refractivity contribution is 6.25. The van der Waals surface area contributed by atoms with Crippen molar-refractivity contribution in [3.63, 3.8) is 0 Å². The number of hydrogen-bond acceptors (Lipinski definition) is 0. The van der Waals surface area contributed by atoms with Crippen LogP contribution in [0.5, 0.6) is 0 Å². The van der Waals surface area contributed by atoms with Crippen LogP contribution in [0, 0.1) is 0 Å². The predicted octanol–water partition coefficient (Wildman–Crippen LogP) is 4.45. The van der Waals surface area contributed by atoms with Crippen molar-refractivity contribution in [2.24, 2.45) is 0 Å². The Labute approximate surface area is 86.7 Å². The Kier molecular flexibility index (Phi) is 3.61. The van der Waals surface area contributed by atoms with Gasteiger partial charge in [0.15, 0.2) is 0 Å². The Hall–Kier alpha value is -0.230. The second-order valence-corrected chi connectivity index (χ2v) is 5.06. The summed E-state index contributed by atoms with van der Waals surface area (Å²) in [5, 5.41) is 0. The fourth-order valence-electron chi connectivity index (χ4n) is 1.77. The Morgan fingerprint density at radius 1 is 1.54 bits per heavy atom. The minimum Gasteiger partial charge on any atom is -0.115 e. The van der Waals surface area contributed by atoms with E-state index in [9.17, 15) is 0 Å². The van der Waals surface area contributed by atoms with Gasteiger partial charge in [0.05, 0.1) is 4.87 Å². The molecule has 0 aromatic heterocycles. The molecule has 0 amide bonds. The summed E-state index contributed by atoms with van der Waals surface area (Å²) in [4.78, 5) is -0.139. The first kappa shape index (κ1) is 10.8. The van der Waals surface area contributed by atoms with E-state index in [1.807, 2.05) is 0 Å². The number of rotatable bonds is 3. The third kappa shape index (κ3) is 3.19. The number of allylic oxidation sites excluding steroid dienone is 4. The van der Waals surface area contributed by atoms with Crippen molar-refractivity contribution in [1.82, 2.24) is 0 Å². The zero-order valence-electron chi connectivity index (χ0n) is 8.86. The molecule has 1 unspecified atom stereocenters. The number of alkyl halides is 1. The van der Waals surface area contributed by atoms with Gasteiger partial charge in [-0.25, -0.2) is 0 Å². The molecule has 1 aliphatic rings. The van der Waals surface area contributed by atoms with Gasteiger partial charge in [-0.15, -0.1) is 11.6 Å². The van der Waals surface area contributed by atoms with Gasteiger partial charge < -0.3 is 0 Å². The van der Waals surface area contributed by atoms with Crippen molar-refractivity contribution in [2.45, 2.75) is 51.3 Å². The van der Waals surface area contributed by atoms with Crippen molar-refractivity contribution in [3.05, 3.63) is 23.3 Å². The number of hydrogen-bond donors (Lipinski definition) is 0. The fraction of sp³-hybridized carbons (Fsp3) is 0.667. The molecule has 0 fully saturated rings. The second kappa shape index (κ2) is 4.32. The molecule has 0 bridgehead atoms. The minimum absolute atomic E-state index is 0.139. The highest BCUT2D eigenvalue weighted by atomic mass is 35.5. The summed E-state index contributed by atoms with van der Waals surface area (Å²) in [5.74, 6) is 0. The standard InChI is InChI=1S/C12H19Cl/c1-4-5-6-11-7-8-12(3,13)9-10(11)2/h7-8H,4-6,9H2,1-3H3. The molecule has 1 atom stereocenters. The van der Waals surface area contributed by atoms with Gasteiger partial charge in [-0.2, -0.15) is 0 Å². The van der Waals surface area contributed by atoms with Crippen LogP contribution in [-0.4, -0.2) is 4.87 Å². The molecule has 0 saturated carbocycles. The van der Waals surface area contributed by atoms with E-state index in [1.165, 1.54) is 30.4 Å². The first-order valence-electron chi connectivity index (χ1n) is 5.12. The third-order valence-corrected chi connectivity index (χ3v) is 2.85. The zero-order chi connectivity index (χ0) is 9.90. The van der Waals surface area contributed by atoms with Gasteiger partial charge >= 0.3 is 0 Å². The normalized spacial score (nSPS) is 28.3. The largest absolute Gasteiger partial charge is 0.115 e. The van der Waals surface area contributed by atoms with Crippen LogP contribution in [-0.2, 0) is 0 Å². The van der Waals surface area contributed by atoms with Gasteiger partial charge in [-0.1, -0.05) is 31.1 Å². The molecule has 0 aliphatic heterocycles. The predicted molar refractivity (Wildman–Crippen MR) is 60.2 cm³/mol. The molecule has 0 aromatic rings. The molecule has 0 heterocycles. The molecule has 0 aromatic carbocycles. The fourth-order valence-corrected chi connectivity index (χ4v) is 2.03. The Morgan fingerprint density at radius 2 is 2.23 bits per heavy atom. The first-order chi connectivity index (χ1) is 6.05. The van der Waals surface area contributed by atoms with Crippen molar-refractivity contribution >= 4 is 11.6 Å². The Balaban J connectivity index is 2.62. The van der Waals surface area contributed by atoms with Gasteiger partial charge in [0.2, 0.25) is 0 Å². The van der Waals surface area contributed by atoms with Crippen LogP contribution in [0.15, 0.2) is 23.3 Å². The zero-order valence-corrected chi connectivity index (χ0v) is 9.62. The SMILES string of the molecule is CCCCC1=C(C)CC(C)(Cl)C=C1. The van der Waals surface area contributed by atoms with Gasteiger partial charge in [0.1, 0.15) is 0 Å². The highest BCUT2D eigenvalue weighted by Gasteiger charge is 2.21. The topological polar surface area (TPSA) is 0 Å². The maximum atomic E-state index is 6.25. The maximum absolute atomic E-state index is 6.25. The average molecular weight is 199 g/mol. The van der Waals surface area contributed by atoms with E-state index < -0.39 is 0 Å². The molecule has 0 radical (unpaired) electrons. The van der Waals surface area contributed by atoms with E-state index in [0.29, 0.717) is 0 Å². The van der Waals surface area contributed by atoms with Crippen molar-refractivity contribution in [3.8, 4) is 0 Å². The molecule has 1 heteroatoms. The lowest BCUT2D eigenvalue weighted by Crippen LogP contribution is -2.16. The van der Waals surface area contributed by atoms with E-state index in [0.717, 1.165) is 6.42 Å². The average Bonchev–Trinajstić information content (AvgIpc) is 2.02. The number of unbranched alkanes of at least 4 members (excludes halogenated alkanes) is 1. The van der Waals surface area contributed by atoms with Gasteiger partial charge in [0, 0.05) is 0 Å². The lowest BCUT2D eigenvalue weighted by atomic mass is 9.89. The van der Waals surface area contributed by atoms with E-state index in [2.05, 4.69) is 32.9 Å². The van der Waals surface area contributed by atoms with Crippen LogP contribution >= 0.6 is 11.6 Å². The smallest absolute Gasteiger partial charge is 0.0638 e. The molecule has 0 nitrogen and oxygen atoms in total. The first-order valence-corrected chi connectivity index (χ1v) is 5.50. The summed E-state index contributed by atoms with van der Waals surface area (Å²) < 4.78 is 0. The summed E-state index contributed by atoms with van der Waals surface area (Å²) in [5.41, 5.74) is 2.97. The molecule has 1 aliphatic carbocycles. The molecular weight excluding hydrogens is 180 g/mol. The summed E-state index contributed by atoms with van der Waals surface area (Å²) >= 11 is 6.25. The van der Waals surface area contributed by atoms with Gasteiger partial charge in [0.25, 0.3) is 0 Å². The molecule has 74 valence electrons. The lowest BCUT2D eigenvalue weighted by molar-refractivity contribution is 0.716. The van der Waals surface area contributed by atoms with E-state index in [-0.39, 0.29) is 4.87 Å². The van der Waals surface area contributed by atoms with Crippen LogP contribution in [0.4, 0.5) is 0 Å². The third-order valence-electron chi connectivity index (χ3n) is 2.59.